The number of carbonyl (C=O) groups excluding carboxylic acids is 2. The van der Waals surface area contributed by atoms with Crippen LogP contribution in [0.3, 0.4) is 0 Å². The molecule has 1 rings (SSSR count). The smallest absolute Gasteiger partial charge is 0.223 e. The molecular weight excluding hydrogens is 320 g/mol. The van der Waals surface area contributed by atoms with Gasteiger partial charge in [-0.2, -0.15) is 0 Å². The number of methoxy groups -OCH3 is 1. The molecule has 0 aromatic rings. The summed E-state index contributed by atoms with van der Waals surface area (Å²) >= 11 is 0. The highest BCUT2D eigenvalue weighted by Crippen LogP contribution is 2.23. The maximum absolute atomic E-state index is 12.6. The molecule has 146 valence electrons. The molecule has 0 saturated carbocycles. The van der Waals surface area contributed by atoms with E-state index in [9.17, 15) is 9.59 Å². The maximum Gasteiger partial charge on any atom is 0.223 e. The maximum atomic E-state index is 12.6. The van der Waals surface area contributed by atoms with Crippen LogP contribution in [0.25, 0.3) is 0 Å². The number of aliphatic hydroxyl groups is 1. The predicted molar refractivity (Wildman–Crippen MR) is 98.5 cm³/mol. The van der Waals surface area contributed by atoms with Gasteiger partial charge in [-0.1, -0.05) is 6.42 Å². The Hall–Kier alpha value is -0.980. The van der Waals surface area contributed by atoms with Gasteiger partial charge in [0.1, 0.15) is 0 Å². The molecule has 1 aliphatic heterocycles. The SMILES string of the molecule is COCCCCCC(=O)N1CC(NC(C)(C)C)CC1C(=O)CCCO. The molecule has 1 fully saturated rings. The predicted octanol–water partition coefficient (Wildman–Crippen LogP) is 1.89. The highest BCUT2D eigenvalue weighted by atomic mass is 16.5. The quantitative estimate of drug-likeness (QED) is 0.553. The zero-order valence-electron chi connectivity index (χ0n) is 16.3. The normalized spacial score (nSPS) is 20.9. The number of rotatable bonds is 11. The topological polar surface area (TPSA) is 78.9 Å². The van der Waals surface area contributed by atoms with E-state index in [1.165, 1.54) is 0 Å². The van der Waals surface area contributed by atoms with Crippen LogP contribution >= 0.6 is 0 Å². The monoisotopic (exact) mass is 356 g/mol. The number of carbonyl (C=O) groups is 2. The lowest BCUT2D eigenvalue weighted by Crippen LogP contribution is -2.45. The fraction of sp³-hybridized carbons (Fsp3) is 0.895. The van der Waals surface area contributed by atoms with E-state index < -0.39 is 0 Å². The second kappa shape index (κ2) is 10.9. The first kappa shape index (κ1) is 22.1. The lowest BCUT2D eigenvalue weighted by atomic mass is 10.0. The third-order valence-corrected chi connectivity index (χ3v) is 4.45. The minimum Gasteiger partial charge on any atom is -0.396 e. The van der Waals surface area contributed by atoms with E-state index in [-0.39, 0.29) is 35.9 Å². The summed E-state index contributed by atoms with van der Waals surface area (Å²) in [6.45, 7) is 7.60. The first-order valence-electron chi connectivity index (χ1n) is 9.48. The summed E-state index contributed by atoms with van der Waals surface area (Å²) in [6, 6.07) is -0.210. The zero-order chi connectivity index (χ0) is 18.9. The van der Waals surface area contributed by atoms with E-state index >= 15 is 0 Å². The number of nitrogens with one attached hydrogen (secondary N) is 1. The van der Waals surface area contributed by atoms with Crippen LogP contribution in [-0.2, 0) is 14.3 Å². The molecule has 0 aromatic carbocycles. The van der Waals surface area contributed by atoms with Gasteiger partial charge < -0.3 is 20.1 Å². The van der Waals surface area contributed by atoms with Crippen LogP contribution in [0, 0.1) is 0 Å². The average Bonchev–Trinajstić information content (AvgIpc) is 2.94. The molecule has 25 heavy (non-hydrogen) atoms. The molecule has 2 atom stereocenters. The number of ketones is 1. The number of ether oxygens (including phenoxy) is 1. The standard InChI is InChI=1S/C19H36N2O4/c1-19(2,3)20-15-13-16(17(23)9-8-11-22)21(14-15)18(24)10-6-5-7-12-25-4/h15-16,20,22H,5-14H2,1-4H3. The third-order valence-electron chi connectivity index (χ3n) is 4.45. The molecule has 1 amide bonds. The van der Waals surface area contributed by atoms with Crippen LogP contribution in [-0.4, -0.2) is 66.2 Å². The minimum absolute atomic E-state index is 0.00950. The van der Waals surface area contributed by atoms with Crippen LogP contribution in [0.2, 0.25) is 0 Å². The number of amides is 1. The molecule has 0 aliphatic carbocycles. The zero-order valence-corrected chi connectivity index (χ0v) is 16.3. The van der Waals surface area contributed by atoms with Crippen molar-refractivity contribution in [2.24, 2.45) is 0 Å². The number of hydrogen-bond donors (Lipinski definition) is 2. The Labute approximate surface area is 152 Å². The Morgan fingerprint density at radius 3 is 2.48 bits per heavy atom. The Morgan fingerprint density at radius 2 is 1.88 bits per heavy atom. The molecule has 0 bridgehead atoms. The third kappa shape index (κ3) is 8.29. The van der Waals surface area contributed by atoms with Crippen molar-refractivity contribution in [3.05, 3.63) is 0 Å². The largest absolute Gasteiger partial charge is 0.396 e. The van der Waals surface area contributed by atoms with Gasteiger partial charge in [-0.3, -0.25) is 9.59 Å². The Bertz CT molecular complexity index is 420. The summed E-state index contributed by atoms with van der Waals surface area (Å²) < 4.78 is 5.03. The summed E-state index contributed by atoms with van der Waals surface area (Å²) in [5, 5.41) is 12.5. The van der Waals surface area contributed by atoms with Crippen molar-refractivity contribution in [1.29, 1.82) is 0 Å². The highest BCUT2D eigenvalue weighted by molar-refractivity contribution is 5.89. The van der Waals surface area contributed by atoms with E-state index in [1.54, 1.807) is 12.0 Å². The second-order valence-electron chi connectivity index (χ2n) is 7.99. The highest BCUT2D eigenvalue weighted by Gasteiger charge is 2.39. The molecule has 2 N–H and O–H groups in total. The first-order valence-corrected chi connectivity index (χ1v) is 9.48. The van der Waals surface area contributed by atoms with Crippen LogP contribution in [0.1, 0.15) is 65.7 Å². The van der Waals surface area contributed by atoms with E-state index in [0.717, 1.165) is 25.9 Å². The molecule has 0 spiro atoms. The van der Waals surface area contributed by atoms with E-state index in [2.05, 4.69) is 26.1 Å². The second-order valence-corrected chi connectivity index (χ2v) is 7.99. The first-order chi connectivity index (χ1) is 11.8. The van der Waals surface area contributed by atoms with Gasteiger partial charge in [0.2, 0.25) is 5.91 Å². The summed E-state index contributed by atoms with van der Waals surface area (Å²) in [4.78, 5) is 26.9. The lowest BCUT2D eigenvalue weighted by Gasteiger charge is -2.26. The van der Waals surface area contributed by atoms with Gasteiger partial charge >= 0.3 is 0 Å². The van der Waals surface area contributed by atoms with Gasteiger partial charge in [0, 0.05) is 51.3 Å². The van der Waals surface area contributed by atoms with E-state index in [0.29, 0.717) is 32.2 Å². The molecule has 1 heterocycles. The number of hydrogen-bond acceptors (Lipinski definition) is 5. The van der Waals surface area contributed by atoms with Gasteiger partial charge in [-0.25, -0.2) is 0 Å². The van der Waals surface area contributed by atoms with Crippen LogP contribution < -0.4 is 5.32 Å². The summed E-state index contributed by atoms with van der Waals surface area (Å²) in [5.41, 5.74) is -0.0530. The van der Waals surface area contributed by atoms with Crippen molar-refractivity contribution in [1.82, 2.24) is 10.2 Å². The molecule has 6 nitrogen and oxygen atoms in total. The van der Waals surface area contributed by atoms with Crippen LogP contribution in [0.15, 0.2) is 0 Å². The molecule has 1 saturated heterocycles. The lowest BCUT2D eigenvalue weighted by molar-refractivity contribution is -0.137. The van der Waals surface area contributed by atoms with Crippen molar-refractivity contribution in [3.63, 3.8) is 0 Å². The summed E-state index contributed by atoms with van der Waals surface area (Å²) in [5.74, 6) is 0.137. The molecule has 6 heteroatoms. The number of Topliss-reactive ketones (excluding diaryl/α,β-unsaturated/α-hetero) is 1. The van der Waals surface area contributed by atoms with Crippen LogP contribution in [0.5, 0.6) is 0 Å². The van der Waals surface area contributed by atoms with Crippen LogP contribution in [0.4, 0.5) is 0 Å². The molecule has 0 radical (unpaired) electrons. The van der Waals surface area contributed by atoms with Crippen molar-refractivity contribution >= 4 is 11.7 Å². The van der Waals surface area contributed by atoms with Crippen molar-refractivity contribution in [3.8, 4) is 0 Å². The van der Waals surface area contributed by atoms with Crippen molar-refractivity contribution < 1.29 is 19.4 Å². The van der Waals surface area contributed by atoms with Gasteiger partial charge in [0.15, 0.2) is 5.78 Å². The minimum atomic E-state index is -0.349. The number of nitrogens with zero attached hydrogens (tertiary/aromatic N) is 1. The van der Waals surface area contributed by atoms with E-state index in [4.69, 9.17) is 9.84 Å². The Balaban J connectivity index is 2.62. The van der Waals surface area contributed by atoms with Gasteiger partial charge in [-0.05, 0) is 46.5 Å². The summed E-state index contributed by atoms with van der Waals surface area (Å²) in [7, 11) is 1.68. The summed E-state index contributed by atoms with van der Waals surface area (Å²) in [6.07, 6.45) is 4.68. The fourth-order valence-corrected chi connectivity index (χ4v) is 3.40. The Kier molecular flexibility index (Phi) is 9.61. The fourth-order valence-electron chi connectivity index (χ4n) is 3.40. The molecule has 2 unspecified atom stereocenters. The Morgan fingerprint density at radius 1 is 1.16 bits per heavy atom. The molecule has 0 aromatic heterocycles. The van der Waals surface area contributed by atoms with E-state index in [1.807, 2.05) is 0 Å². The number of unbranched alkanes of at least 4 members (excludes halogenated alkanes) is 2. The average molecular weight is 357 g/mol. The van der Waals surface area contributed by atoms with Gasteiger partial charge in [0.25, 0.3) is 0 Å². The molecule has 1 aliphatic rings. The number of aliphatic hydroxyl groups excluding tert-OH is 1. The number of likely N-dealkylation sites (tertiary alicyclic amines) is 1. The molecular formula is C19H36N2O4. The van der Waals surface area contributed by atoms with Crippen molar-refractivity contribution in [2.45, 2.75) is 83.3 Å². The van der Waals surface area contributed by atoms with Gasteiger partial charge in [0.05, 0.1) is 6.04 Å². The van der Waals surface area contributed by atoms with Gasteiger partial charge in [-0.15, -0.1) is 0 Å². The van der Waals surface area contributed by atoms with Crippen molar-refractivity contribution in [2.75, 3.05) is 26.9 Å².